The largest absolute Gasteiger partial charge is 0.490 e. The van der Waals surface area contributed by atoms with E-state index in [-0.39, 0.29) is 5.91 Å². The van der Waals surface area contributed by atoms with E-state index in [9.17, 15) is 4.79 Å². The summed E-state index contributed by atoms with van der Waals surface area (Å²) >= 11 is 6.74. The van der Waals surface area contributed by atoms with Crippen LogP contribution in [0.3, 0.4) is 0 Å². The first-order chi connectivity index (χ1) is 12.2. The van der Waals surface area contributed by atoms with Gasteiger partial charge in [-0.1, -0.05) is 48.8 Å². The standard InChI is InChI=1S/C18H20N2O3S2/c1-2-9-23-15-5-3-14(4-6-15)12-16-17(21)20(18(24)25-16)13-19-7-10-22-11-8-19/h2-6,12H,1,7-11,13H2. The molecule has 0 aromatic heterocycles. The number of thiocarbonyl (C=S) groups is 1. The number of benzene rings is 1. The Morgan fingerprint density at radius 2 is 2.00 bits per heavy atom. The molecule has 2 aliphatic rings. The van der Waals surface area contributed by atoms with Gasteiger partial charge in [0.25, 0.3) is 5.91 Å². The summed E-state index contributed by atoms with van der Waals surface area (Å²) in [6.45, 7) is 7.67. The SMILES string of the molecule is C=CCOc1ccc(C=C2SC(=S)N(CN3CCOCC3)C2=O)cc1. The molecular formula is C18H20N2O3S2. The van der Waals surface area contributed by atoms with Gasteiger partial charge in [0.15, 0.2) is 0 Å². The number of carbonyl (C=O) groups excluding carboxylic acids is 1. The highest BCUT2D eigenvalue weighted by Gasteiger charge is 2.33. The Kier molecular flexibility index (Phi) is 6.25. The van der Waals surface area contributed by atoms with Crippen LogP contribution in [0, 0.1) is 0 Å². The Bertz CT molecular complexity index is 682. The molecule has 1 amide bonds. The van der Waals surface area contributed by atoms with Gasteiger partial charge >= 0.3 is 0 Å². The zero-order valence-corrected chi connectivity index (χ0v) is 15.5. The number of nitrogens with zero attached hydrogens (tertiary/aromatic N) is 2. The number of ether oxygens (including phenoxy) is 2. The third-order valence-electron chi connectivity index (χ3n) is 3.86. The van der Waals surface area contributed by atoms with Gasteiger partial charge in [0, 0.05) is 13.1 Å². The lowest BCUT2D eigenvalue weighted by Gasteiger charge is -2.29. The predicted octanol–water partition coefficient (Wildman–Crippen LogP) is 2.74. The van der Waals surface area contributed by atoms with E-state index in [1.165, 1.54) is 11.8 Å². The molecule has 3 rings (SSSR count). The molecule has 0 radical (unpaired) electrons. The summed E-state index contributed by atoms with van der Waals surface area (Å²) in [5.41, 5.74) is 0.942. The topological polar surface area (TPSA) is 42.0 Å². The molecule has 0 spiro atoms. The molecule has 1 aromatic carbocycles. The monoisotopic (exact) mass is 376 g/mol. The van der Waals surface area contributed by atoms with E-state index in [1.807, 2.05) is 30.3 Å². The Labute approximate surface area is 157 Å². The molecular weight excluding hydrogens is 356 g/mol. The van der Waals surface area contributed by atoms with Crippen molar-refractivity contribution >= 4 is 40.3 Å². The predicted molar refractivity (Wildman–Crippen MR) is 104 cm³/mol. The molecule has 25 heavy (non-hydrogen) atoms. The highest BCUT2D eigenvalue weighted by Crippen LogP contribution is 2.32. The second-order valence-electron chi connectivity index (χ2n) is 5.65. The van der Waals surface area contributed by atoms with Gasteiger partial charge < -0.3 is 9.47 Å². The van der Waals surface area contributed by atoms with Crippen LogP contribution in [0.25, 0.3) is 6.08 Å². The van der Waals surface area contributed by atoms with E-state index in [0.717, 1.165) is 24.4 Å². The minimum absolute atomic E-state index is 0.0338. The molecule has 0 atom stereocenters. The van der Waals surface area contributed by atoms with Crippen LogP contribution in [0.15, 0.2) is 41.8 Å². The summed E-state index contributed by atoms with van der Waals surface area (Å²) in [6, 6.07) is 7.60. The number of carbonyl (C=O) groups is 1. The van der Waals surface area contributed by atoms with Crippen LogP contribution in [-0.4, -0.2) is 59.6 Å². The van der Waals surface area contributed by atoms with Crippen LogP contribution in [-0.2, 0) is 9.53 Å². The number of rotatable bonds is 6. The van der Waals surface area contributed by atoms with Crippen molar-refractivity contribution in [3.05, 3.63) is 47.4 Å². The minimum atomic E-state index is -0.0338. The summed E-state index contributed by atoms with van der Waals surface area (Å²) in [4.78, 5) is 17.2. The Balaban J connectivity index is 1.66. The van der Waals surface area contributed by atoms with Gasteiger partial charge in [-0.05, 0) is 23.8 Å². The van der Waals surface area contributed by atoms with Crippen molar-refractivity contribution in [3.63, 3.8) is 0 Å². The normalized spacial score (nSPS) is 20.3. The molecule has 0 N–H and O–H groups in total. The maximum absolute atomic E-state index is 12.7. The zero-order chi connectivity index (χ0) is 17.6. The first-order valence-electron chi connectivity index (χ1n) is 8.06. The van der Waals surface area contributed by atoms with Crippen molar-refractivity contribution in [1.29, 1.82) is 0 Å². The summed E-state index contributed by atoms with van der Waals surface area (Å²) in [5.74, 6) is 0.741. The van der Waals surface area contributed by atoms with Gasteiger partial charge in [-0.15, -0.1) is 0 Å². The van der Waals surface area contributed by atoms with Crippen molar-refractivity contribution in [1.82, 2.24) is 9.80 Å². The molecule has 132 valence electrons. The fraction of sp³-hybridized carbons (Fsp3) is 0.333. The fourth-order valence-electron chi connectivity index (χ4n) is 2.53. The average molecular weight is 377 g/mol. The van der Waals surface area contributed by atoms with Crippen molar-refractivity contribution in [3.8, 4) is 5.75 Å². The van der Waals surface area contributed by atoms with Crippen molar-refractivity contribution in [2.45, 2.75) is 0 Å². The van der Waals surface area contributed by atoms with Gasteiger partial charge in [0.1, 0.15) is 16.7 Å². The van der Waals surface area contributed by atoms with Gasteiger partial charge in [-0.2, -0.15) is 0 Å². The maximum atomic E-state index is 12.7. The first-order valence-corrected chi connectivity index (χ1v) is 9.29. The molecule has 0 unspecified atom stereocenters. The lowest BCUT2D eigenvalue weighted by Crippen LogP contribution is -2.45. The molecule has 2 aliphatic heterocycles. The van der Waals surface area contributed by atoms with E-state index in [1.54, 1.807) is 11.0 Å². The number of amides is 1. The van der Waals surface area contributed by atoms with Crippen LogP contribution in [0.2, 0.25) is 0 Å². The third kappa shape index (κ3) is 4.70. The van der Waals surface area contributed by atoms with Gasteiger partial charge in [0.2, 0.25) is 0 Å². The van der Waals surface area contributed by atoms with Crippen LogP contribution in [0.5, 0.6) is 5.75 Å². The molecule has 7 heteroatoms. The number of hydrogen-bond acceptors (Lipinski definition) is 6. The Morgan fingerprint density at radius 1 is 1.28 bits per heavy atom. The Hall–Kier alpha value is -1.67. The van der Waals surface area contributed by atoms with Crippen LogP contribution >= 0.6 is 24.0 Å². The van der Waals surface area contributed by atoms with Crippen LogP contribution in [0.4, 0.5) is 0 Å². The summed E-state index contributed by atoms with van der Waals surface area (Å²) in [7, 11) is 0. The molecule has 2 fully saturated rings. The van der Waals surface area contributed by atoms with Crippen molar-refractivity contribution in [2.24, 2.45) is 0 Å². The molecule has 0 bridgehead atoms. The van der Waals surface area contributed by atoms with Gasteiger partial charge in [-0.3, -0.25) is 14.6 Å². The van der Waals surface area contributed by atoms with Crippen molar-refractivity contribution < 1.29 is 14.3 Å². The summed E-state index contributed by atoms with van der Waals surface area (Å²) in [5, 5.41) is 0. The molecule has 2 saturated heterocycles. The maximum Gasteiger partial charge on any atom is 0.267 e. The molecule has 1 aromatic rings. The summed E-state index contributed by atoms with van der Waals surface area (Å²) < 4.78 is 11.4. The molecule has 0 aliphatic carbocycles. The number of hydrogen-bond donors (Lipinski definition) is 0. The second kappa shape index (κ2) is 8.62. The smallest absolute Gasteiger partial charge is 0.267 e. The van der Waals surface area contributed by atoms with Gasteiger partial charge in [-0.25, -0.2) is 0 Å². The molecule has 0 saturated carbocycles. The highest BCUT2D eigenvalue weighted by molar-refractivity contribution is 8.26. The lowest BCUT2D eigenvalue weighted by atomic mass is 10.2. The van der Waals surface area contributed by atoms with Crippen LogP contribution < -0.4 is 4.74 Å². The number of morpholine rings is 1. The van der Waals surface area contributed by atoms with E-state index in [4.69, 9.17) is 21.7 Å². The van der Waals surface area contributed by atoms with Gasteiger partial charge in [0.05, 0.1) is 24.8 Å². The van der Waals surface area contributed by atoms with E-state index < -0.39 is 0 Å². The first kappa shape index (κ1) is 18.1. The zero-order valence-electron chi connectivity index (χ0n) is 13.8. The van der Waals surface area contributed by atoms with Crippen molar-refractivity contribution in [2.75, 3.05) is 39.6 Å². The molecule has 5 nitrogen and oxygen atoms in total. The van der Waals surface area contributed by atoms with Crippen LogP contribution in [0.1, 0.15) is 5.56 Å². The molecule has 2 heterocycles. The quantitative estimate of drug-likeness (QED) is 0.432. The average Bonchev–Trinajstić information content (AvgIpc) is 2.89. The third-order valence-corrected chi connectivity index (χ3v) is 5.24. The lowest BCUT2D eigenvalue weighted by molar-refractivity contribution is -0.124. The highest BCUT2D eigenvalue weighted by atomic mass is 32.2. The summed E-state index contributed by atoms with van der Waals surface area (Å²) in [6.07, 6.45) is 3.57. The van der Waals surface area contributed by atoms with E-state index in [0.29, 0.717) is 35.7 Å². The van der Waals surface area contributed by atoms with E-state index >= 15 is 0 Å². The Morgan fingerprint density at radius 3 is 2.68 bits per heavy atom. The van der Waals surface area contributed by atoms with E-state index in [2.05, 4.69) is 11.5 Å². The fourth-order valence-corrected chi connectivity index (χ4v) is 3.77. The number of thioether (sulfide) groups is 1. The minimum Gasteiger partial charge on any atom is -0.490 e. The second-order valence-corrected chi connectivity index (χ2v) is 7.33.